The van der Waals surface area contributed by atoms with Crippen LogP contribution in [0.1, 0.15) is 49.7 Å². The van der Waals surface area contributed by atoms with Crippen LogP contribution in [0.4, 0.5) is 5.69 Å². The zero-order valence-corrected chi connectivity index (χ0v) is 13.5. The van der Waals surface area contributed by atoms with Crippen molar-refractivity contribution in [3.05, 3.63) is 24.1 Å². The fraction of sp³-hybridized carbons (Fsp3) is 0.625. The third kappa shape index (κ3) is 3.81. The fourth-order valence-electron chi connectivity index (χ4n) is 2.85. The molecule has 8 nitrogen and oxygen atoms in total. The highest BCUT2D eigenvalue weighted by Crippen LogP contribution is 2.38. The minimum absolute atomic E-state index is 0.0853. The van der Waals surface area contributed by atoms with Gasteiger partial charge in [-0.05, 0) is 25.7 Å². The lowest BCUT2D eigenvalue weighted by Crippen LogP contribution is -2.15. The number of rotatable bonds is 7. The first kappa shape index (κ1) is 15.3. The highest BCUT2D eigenvalue weighted by molar-refractivity contribution is 5.90. The summed E-state index contributed by atoms with van der Waals surface area (Å²) in [7, 11) is 0. The van der Waals surface area contributed by atoms with Crippen molar-refractivity contribution in [1.29, 1.82) is 0 Å². The molecule has 1 aliphatic heterocycles. The quantitative estimate of drug-likeness (QED) is 0.832. The van der Waals surface area contributed by atoms with E-state index in [0.717, 1.165) is 44.7 Å². The van der Waals surface area contributed by atoms with E-state index in [1.165, 1.54) is 0 Å². The van der Waals surface area contributed by atoms with Crippen LogP contribution in [0.5, 0.6) is 0 Å². The molecule has 0 bridgehead atoms. The summed E-state index contributed by atoms with van der Waals surface area (Å²) in [4.78, 5) is 16.4. The highest BCUT2D eigenvalue weighted by Gasteiger charge is 2.28. The van der Waals surface area contributed by atoms with Gasteiger partial charge in [0, 0.05) is 31.6 Å². The zero-order chi connectivity index (χ0) is 16.4. The second-order valence-corrected chi connectivity index (χ2v) is 6.45. The third-order valence-electron chi connectivity index (χ3n) is 4.32. The largest absolute Gasteiger partial charge is 0.376 e. The van der Waals surface area contributed by atoms with Gasteiger partial charge < -0.3 is 14.6 Å². The van der Waals surface area contributed by atoms with Crippen molar-refractivity contribution in [2.45, 2.75) is 57.1 Å². The molecule has 128 valence electrons. The number of hydrogen-bond acceptors (Lipinski definition) is 6. The van der Waals surface area contributed by atoms with Crippen LogP contribution in [0.3, 0.4) is 0 Å². The molecular weight excluding hydrogens is 310 g/mol. The molecule has 2 fully saturated rings. The Hall–Kier alpha value is -2.22. The predicted molar refractivity (Wildman–Crippen MR) is 84.4 cm³/mol. The van der Waals surface area contributed by atoms with Crippen molar-refractivity contribution in [2.24, 2.45) is 0 Å². The van der Waals surface area contributed by atoms with Gasteiger partial charge in [-0.2, -0.15) is 10.1 Å². The first-order valence-corrected chi connectivity index (χ1v) is 8.52. The Balaban J connectivity index is 1.23. The average Bonchev–Trinajstić information content (AvgIpc) is 2.98. The predicted octanol–water partition coefficient (Wildman–Crippen LogP) is 1.89. The lowest BCUT2D eigenvalue weighted by molar-refractivity contribution is -0.116. The molecule has 1 aliphatic carbocycles. The van der Waals surface area contributed by atoms with E-state index in [9.17, 15) is 4.79 Å². The SMILES string of the molecule is O=C(CCc1nc(C2CC2)no1)Nc1cnn(CC2CCCO2)c1. The molecule has 3 heterocycles. The number of aromatic nitrogens is 4. The number of anilines is 1. The molecule has 1 atom stereocenters. The van der Waals surface area contributed by atoms with Crippen molar-refractivity contribution in [2.75, 3.05) is 11.9 Å². The molecule has 2 aromatic rings. The van der Waals surface area contributed by atoms with E-state index in [-0.39, 0.29) is 12.0 Å². The topological polar surface area (TPSA) is 95.1 Å². The van der Waals surface area contributed by atoms with E-state index in [1.807, 2.05) is 10.9 Å². The van der Waals surface area contributed by atoms with E-state index < -0.39 is 0 Å². The maximum atomic E-state index is 12.0. The zero-order valence-electron chi connectivity index (χ0n) is 13.5. The van der Waals surface area contributed by atoms with Gasteiger partial charge in [0.1, 0.15) is 0 Å². The van der Waals surface area contributed by atoms with Crippen molar-refractivity contribution in [3.8, 4) is 0 Å². The lowest BCUT2D eigenvalue weighted by atomic mass is 10.2. The Bertz CT molecular complexity index is 700. The van der Waals surface area contributed by atoms with Crippen LogP contribution in [-0.2, 0) is 22.5 Å². The average molecular weight is 331 g/mol. The number of carbonyl (C=O) groups is 1. The summed E-state index contributed by atoms with van der Waals surface area (Å²) in [5.74, 6) is 1.69. The van der Waals surface area contributed by atoms with Crippen LogP contribution < -0.4 is 5.32 Å². The van der Waals surface area contributed by atoms with Gasteiger partial charge in [0.15, 0.2) is 5.82 Å². The summed E-state index contributed by atoms with van der Waals surface area (Å²) < 4.78 is 12.6. The molecule has 0 spiro atoms. The standard InChI is InChI=1S/C16H21N5O3/c22-14(5-6-15-19-16(20-24-15)11-3-4-11)18-12-8-17-21(9-12)10-13-2-1-7-23-13/h8-9,11,13H,1-7,10H2,(H,18,22). The second-order valence-electron chi connectivity index (χ2n) is 6.45. The van der Waals surface area contributed by atoms with Crippen molar-refractivity contribution in [1.82, 2.24) is 19.9 Å². The molecule has 1 amide bonds. The van der Waals surface area contributed by atoms with Gasteiger partial charge in [0.2, 0.25) is 11.8 Å². The Labute approximate surface area is 139 Å². The minimum Gasteiger partial charge on any atom is -0.376 e. The molecule has 0 aromatic carbocycles. The molecule has 2 aliphatic rings. The molecule has 8 heteroatoms. The Morgan fingerprint density at radius 3 is 3.08 bits per heavy atom. The van der Waals surface area contributed by atoms with Gasteiger partial charge in [0.25, 0.3) is 0 Å². The van der Waals surface area contributed by atoms with Crippen molar-refractivity contribution in [3.63, 3.8) is 0 Å². The third-order valence-corrected chi connectivity index (χ3v) is 4.32. The van der Waals surface area contributed by atoms with E-state index in [4.69, 9.17) is 9.26 Å². The van der Waals surface area contributed by atoms with Gasteiger partial charge in [-0.15, -0.1) is 0 Å². The number of hydrogen-bond donors (Lipinski definition) is 1. The van der Waals surface area contributed by atoms with E-state index in [0.29, 0.717) is 30.3 Å². The number of amides is 1. The molecule has 1 saturated carbocycles. The number of nitrogens with one attached hydrogen (secondary N) is 1. The van der Waals surface area contributed by atoms with E-state index in [1.54, 1.807) is 6.20 Å². The van der Waals surface area contributed by atoms with Crippen molar-refractivity contribution >= 4 is 11.6 Å². The number of nitrogens with zero attached hydrogens (tertiary/aromatic N) is 4. The summed E-state index contributed by atoms with van der Waals surface area (Å²) in [6.45, 7) is 1.55. The smallest absolute Gasteiger partial charge is 0.227 e. The maximum Gasteiger partial charge on any atom is 0.227 e. The highest BCUT2D eigenvalue weighted by atomic mass is 16.5. The fourth-order valence-corrected chi connectivity index (χ4v) is 2.85. The lowest BCUT2D eigenvalue weighted by Gasteiger charge is -2.08. The molecular formula is C16H21N5O3. The molecule has 1 N–H and O–H groups in total. The van der Waals surface area contributed by atoms with Crippen molar-refractivity contribution < 1.29 is 14.1 Å². The van der Waals surface area contributed by atoms with Crippen LogP contribution in [-0.4, -0.2) is 38.5 Å². The van der Waals surface area contributed by atoms with Crippen LogP contribution in [0.2, 0.25) is 0 Å². The first-order chi connectivity index (χ1) is 11.8. The summed E-state index contributed by atoms with van der Waals surface area (Å²) in [6, 6.07) is 0. The van der Waals surface area contributed by atoms with Crippen LogP contribution in [0.25, 0.3) is 0 Å². The second kappa shape index (κ2) is 6.72. The molecule has 1 unspecified atom stereocenters. The van der Waals surface area contributed by atoms with Gasteiger partial charge in [-0.25, -0.2) is 0 Å². The summed E-state index contributed by atoms with van der Waals surface area (Å²) >= 11 is 0. The summed E-state index contributed by atoms with van der Waals surface area (Å²) in [6.07, 6.45) is 8.92. The summed E-state index contributed by atoms with van der Waals surface area (Å²) in [5.41, 5.74) is 0.696. The molecule has 4 rings (SSSR count). The normalized spacial score (nSPS) is 20.4. The Kier molecular flexibility index (Phi) is 4.29. The number of aryl methyl sites for hydroxylation is 1. The van der Waals surface area contributed by atoms with Crippen LogP contribution in [0, 0.1) is 0 Å². The molecule has 2 aromatic heterocycles. The first-order valence-electron chi connectivity index (χ1n) is 8.52. The summed E-state index contributed by atoms with van der Waals surface area (Å²) in [5, 5.41) is 11.1. The number of ether oxygens (including phenoxy) is 1. The molecule has 1 saturated heterocycles. The molecule has 0 radical (unpaired) electrons. The van der Waals surface area contributed by atoms with E-state index in [2.05, 4.69) is 20.6 Å². The molecule has 24 heavy (non-hydrogen) atoms. The number of carbonyl (C=O) groups excluding carboxylic acids is 1. The van der Waals surface area contributed by atoms with Crippen LogP contribution >= 0.6 is 0 Å². The van der Waals surface area contributed by atoms with Gasteiger partial charge in [-0.3, -0.25) is 9.48 Å². The monoisotopic (exact) mass is 331 g/mol. The van der Waals surface area contributed by atoms with Gasteiger partial charge >= 0.3 is 0 Å². The Morgan fingerprint density at radius 2 is 2.29 bits per heavy atom. The Morgan fingerprint density at radius 1 is 1.38 bits per heavy atom. The van der Waals surface area contributed by atoms with Crippen LogP contribution in [0.15, 0.2) is 16.9 Å². The van der Waals surface area contributed by atoms with Gasteiger partial charge in [-0.1, -0.05) is 5.16 Å². The van der Waals surface area contributed by atoms with E-state index >= 15 is 0 Å². The maximum absolute atomic E-state index is 12.0. The van der Waals surface area contributed by atoms with Gasteiger partial charge in [0.05, 0.1) is 24.5 Å². The minimum atomic E-state index is -0.0853.